The Bertz CT molecular complexity index is 804. The van der Waals surface area contributed by atoms with Crippen molar-refractivity contribution in [1.82, 2.24) is 24.3 Å². The highest BCUT2D eigenvalue weighted by Crippen LogP contribution is 2.25. The van der Waals surface area contributed by atoms with Crippen molar-refractivity contribution >= 4 is 28.3 Å². The van der Waals surface area contributed by atoms with Gasteiger partial charge in [0.2, 0.25) is 5.13 Å². The highest BCUT2D eigenvalue weighted by atomic mass is 32.1. The minimum atomic E-state index is 0.110. The molecule has 0 bridgehead atoms. The van der Waals surface area contributed by atoms with Crippen molar-refractivity contribution in [2.24, 2.45) is 0 Å². The van der Waals surface area contributed by atoms with E-state index in [2.05, 4.69) is 34.9 Å². The molecule has 0 radical (unpaired) electrons. The Labute approximate surface area is 143 Å². The van der Waals surface area contributed by atoms with Crippen molar-refractivity contribution in [3.8, 4) is 17.3 Å². The second-order valence-corrected chi connectivity index (χ2v) is 5.85. The molecule has 0 saturated heterocycles. The Morgan fingerprint density at radius 1 is 1.08 bits per heavy atom. The molecule has 2 N–H and O–H groups in total. The van der Waals surface area contributed by atoms with Crippen LogP contribution < -0.4 is 15.4 Å². The molecule has 0 fully saturated rings. The largest absolute Gasteiger partial charge is 0.489 e. The monoisotopic (exact) mass is 343 g/mol. The van der Waals surface area contributed by atoms with Crippen LogP contribution in [0.5, 0.6) is 5.75 Å². The number of rotatable bonds is 6. The fraction of sp³-hybridized carbons (Fsp3) is 0.267. The van der Waals surface area contributed by atoms with Gasteiger partial charge in [0.1, 0.15) is 11.4 Å². The van der Waals surface area contributed by atoms with E-state index >= 15 is 0 Å². The first-order valence-electron chi connectivity index (χ1n) is 7.38. The summed E-state index contributed by atoms with van der Waals surface area (Å²) in [6, 6.07) is 3.70. The van der Waals surface area contributed by atoms with Crippen LogP contribution in [0.15, 0.2) is 30.7 Å². The lowest BCUT2D eigenvalue weighted by Crippen LogP contribution is -2.05. The zero-order valence-corrected chi connectivity index (χ0v) is 14.3. The Balaban J connectivity index is 1.75. The van der Waals surface area contributed by atoms with Crippen LogP contribution in [0.4, 0.5) is 16.8 Å². The molecular formula is C15H17N7OS. The van der Waals surface area contributed by atoms with E-state index in [0.717, 1.165) is 5.75 Å². The first kappa shape index (κ1) is 16.1. The van der Waals surface area contributed by atoms with Gasteiger partial charge in [-0.1, -0.05) is 0 Å². The number of hydrogen-bond acceptors (Lipinski definition) is 9. The lowest BCUT2D eigenvalue weighted by Gasteiger charge is -2.08. The molecule has 3 rings (SSSR count). The lowest BCUT2D eigenvalue weighted by atomic mass is 10.3. The highest BCUT2D eigenvalue weighted by Gasteiger charge is 2.11. The fourth-order valence-electron chi connectivity index (χ4n) is 1.95. The molecule has 3 aromatic heterocycles. The number of hydrogen-bond donors (Lipinski definition) is 2. The molecule has 8 nitrogen and oxygen atoms in total. The van der Waals surface area contributed by atoms with Crippen LogP contribution in [0.3, 0.4) is 0 Å². The molecule has 0 atom stereocenters. The third kappa shape index (κ3) is 3.74. The average molecular weight is 343 g/mol. The Kier molecular flexibility index (Phi) is 4.80. The van der Waals surface area contributed by atoms with E-state index in [1.54, 1.807) is 25.6 Å². The van der Waals surface area contributed by atoms with Crippen LogP contribution >= 0.6 is 11.5 Å². The molecule has 0 aliphatic carbocycles. The smallest absolute Gasteiger partial charge is 0.208 e. The van der Waals surface area contributed by atoms with Crippen molar-refractivity contribution < 1.29 is 4.74 Å². The molecular weight excluding hydrogens is 326 g/mol. The first-order chi connectivity index (χ1) is 11.7. The first-order valence-corrected chi connectivity index (χ1v) is 8.15. The van der Waals surface area contributed by atoms with Crippen LogP contribution in [-0.2, 0) is 0 Å². The number of nitrogens with one attached hydrogen (secondary N) is 2. The molecule has 124 valence electrons. The van der Waals surface area contributed by atoms with Gasteiger partial charge in [0.25, 0.3) is 0 Å². The van der Waals surface area contributed by atoms with Crippen LogP contribution in [0, 0.1) is 0 Å². The molecule has 3 heterocycles. The second kappa shape index (κ2) is 7.18. The fourth-order valence-corrected chi connectivity index (χ4v) is 2.52. The van der Waals surface area contributed by atoms with Gasteiger partial charge in [-0.3, -0.25) is 0 Å². The summed E-state index contributed by atoms with van der Waals surface area (Å²) in [6.45, 7) is 3.94. The highest BCUT2D eigenvalue weighted by molar-refractivity contribution is 7.09. The zero-order valence-electron chi connectivity index (χ0n) is 13.5. The van der Waals surface area contributed by atoms with Crippen LogP contribution in [0.25, 0.3) is 11.5 Å². The normalized spacial score (nSPS) is 10.7. The van der Waals surface area contributed by atoms with E-state index in [1.165, 1.54) is 11.5 Å². The summed E-state index contributed by atoms with van der Waals surface area (Å²) in [5.41, 5.74) is 0.684. The summed E-state index contributed by atoms with van der Waals surface area (Å²) >= 11 is 1.23. The molecule has 9 heteroatoms. The molecule has 0 unspecified atom stereocenters. The van der Waals surface area contributed by atoms with Gasteiger partial charge >= 0.3 is 0 Å². The molecule has 24 heavy (non-hydrogen) atoms. The van der Waals surface area contributed by atoms with Gasteiger partial charge in [0.15, 0.2) is 17.5 Å². The van der Waals surface area contributed by atoms with Gasteiger partial charge in [-0.15, -0.1) is 0 Å². The summed E-state index contributed by atoms with van der Waals surface area (Å²) in [6.07, 6.45) is 5.01. The van der Waals surface area contributed by atoms with E-state index < -0.39 is 0 Å². The zero-order chi connectivity index (χ0) is 16.9. The van der Waals surface area contributed by atoms with Crippen LogP contribution in [0.1, 0.15) is 13.8 Å². The van der Waals surface area contributed by atoms with Crippen molar-refractivity contribution in [3.63, 3.8) is 0 Å². The topological polar surface area (TPSA) is 97.7 Å². The summed E-state index contributed by atoms with van der Waals surface area (Å²) in [4.78, 5) is 17.2. The van der Waals surface area contributed by atoms with Crippen LogP contribution in [0.2, 0.25) is 0 Å². The second-order valence-electron chi connectivity index (χ2n) is 5.10. The minimum Gasteiger partial charge on any atom is -0.489 e. The summed E-state index contributed by atoms with van der Waals surface area (Å²) in [5.74, 6) is 2.51. The van der Waals surface area contributed by atoms with Gasteiger partial charge in [-0.05, 0) is 26.0 Å². The van der Waals surface area contributed by atoms with Crippen molar-refractivity contribution in [2.75, 3.05) is 17.7 Å². The molecule has 3 aromatic rings. The maximum absolute atomic E-state index is 5.58. The number of nitrogens with zero attached hydrogens (tertiary/aromatic N) is 5. The van der Waals surface area contributed by atoms with E-state index in [9.17, 15) is 0 Å². The number of aromatic nitrogens is 5. The molecule has 0 aromatic carbocycles. The van der Waals surface area contributed by atoms with Crippen molar-refractivity contribution in [1.29, 1.82) is 0 Å². The maximum Gasteiger partial charge on any atom is 0.208 e. The summed E-state index contributed by atoms with van der Waals surface area (Å²) in [5, 5.41) is 6.69. The van der Waals surface area contributed by atoms with Crippen molar-refractivity contribution in [3.05, 3.63) is 30.7 Å². The number of ether oxygens (including phenoxy) is 1. The Morgan fingerprint density at radius 3 is 2.54 bits per heavy atom. The van der Waals surface area contributed by atoms with E-state index in [-0.39, 0.29) is 6.10 Å². The SMILES string of the molecule is CNc1nccnc1Nc1nc(-c2ccc(OC(C)C)cn2)ns1. The van der Waals surface area contributed by atoms with E-state index in [4.69, 9.17) is 4.74 Å². The Morgan fingerprint density at radius 2 is 1.88 bits per heavy atom. The standard InChI is InChI=1S/C15H17N7OS/c1-9(2)23-10-4-5-11(19-8-10)12-20-15(24-22-12)21-14-13(16-3)17-6-7-18-14/h4-9H,1-3H3,(H,16,17)(H,18,20,21,22). The van der Waals surface area contributed by atoms with Gasteiger partial charge in [-0.25, -0.2) is 15.0 Å². The van der Waals surface area contributed by atoms with Gasteiger partial charge in [0.05, 0.1) is 12.3 Å². The van der Waals surface area contributed by atoms with Gasteiger partial charge in [-0.2, -0.15) is 9.36 Å². The lowest BCUT2D eigenvalue weighted by molar-refractivity contribution is 0.241. The van der Waals surface area contributed by atoms with Crippen molar-refractivity contribution in [2.45, 2.75) is 20.0 Å². The average Bonchev–Trinajstić information content (AvgIpc) is 3.04. The quantitative estimate of drug-likeness (QED) is 0.705. The van der Waals surface area contributed by atoms with E-state index in [1.807, 2.05) is 26.0 Å². The Hall–Kier alpha value is -2.81. The predicted molar refractivity (Wildman–Crippen MR) is 93.8 cm³/mol. The molecule has 0 amide bonds. The number of pyridine rings is 1. The summed E-state index contributed by atoms with van der Waals surface area (Å²) in [7, 11) is 1.78. The predicted octanol–water partition coefficient (Wildman–Crippen LogP) is 2.96. The number of anilines is 3. The van der Waals surface area contributed by atoms with Gasteiger partial charge < -0.3 is 15.4 Å². The molecule has 0 aliphatic rings. The van der Waals surface area contributed by atoms with E-state index in [0.29, 0.717) is 28.3 Å². The maximum atomic E-state index is 5.58. The third-order valence-corrected chi connectivity index (χ3v) is 3.55. The molecule has 0 spiro atoms. The minimum absolute atomic E-state index is 0.110. The van der Waals surface area contributed by atoms with Crippen LogP contribution in [-0.4, -0.2) is 37.5 Å². The third-order valence-electron chi connectivity index (χ3n) is 2.92. The molecule has 0 saturated carbocycles. The van der Waals surface area contributed by atoms with Gasteiger partial charge in [0, 0.05) is 31.0 Å². The summed E-state index contributed by atoms with van der Waals surface area (Å²) < 4.78 is 9.90. The molecule has 0 aliphatic heterocycles.